The summed E-state index contributed by atoms with van der Waals surface area (Å²) in [6, 6.07) is 9.63. The zero-order chi connectivity index (χ0) is 17.6. The second kappa shape index (κ2) is 8.30. The Balaban J connectivity index is 2.18. The highest BCUT2D eigenvalue weighted by atomic mass is 35.5. The lowest BCUT2D eigenvalue weighted by Crippen LogP contribution is -2.26. The van der Waals surface area contributed by atoms with Crippen LogP contribution in [0.15, 0.2) is 41.3 Å². The van der Waals surface area contributed by atoms with Crippen molar-refractivity contribution in [3.63, 3.8) is 0 Å². The second-order valence-electron chi connectivity index (χ2n) is 5.30. The lowest BCUT2D eigenvalue weighted by atomic mass is 10.3. The molecular weight excluding hydrogens is 348 g/mol. The second-order valence-corrected chi connectivity index (χ2v) is 7.36. The predicted molar refractivity (Wildman–Crippen MR) is 97.1 cm³/mol. The number of nitrogens with one attached hydrogen (secondary N) is 1. The topological polar surface area (TPSA) is 75.2 Å². The smallest absolute Gasteiger partial charge is 0.264 e. The molecule has 0 spiro atoms. The number of halogens is 1. The van der Waals surface area contributed by atoms with E-state index in [1.54, 1.807) is 24.3 Å². The van der Waals surface area contributed by atoms with E-state index < -0.39 is 10.0 Å². The summed E-state index contributed by atoms with van der Waals surface area (Å²) < 4.78 is 27.1. The molecule has 2 rings (SSSR count). The van der Waals surface area contributed by atoms with Crippen LogP contribution in [0, 0.1) is 0 Å². The molecule has 0 saturated heterocycles. The maximum Gasteiger partial charge on any atom is 0.264 e. The van der Waals surface area contributed by atoms with Gasteiger partial charge in [-0.2, -0.15) is 0 Å². The Kier molecular flexibility index (Phi) is 6.39. The van der Waals surface area contributed by atoms with Crippen molar-refractivity contribution in [1.29, 1.82) is 0 Å². The fourth-order valence-corrected chi connectivity index (χ4v) is 3.80. The van der Waals surface area contributed by atoms with E-state index in [-0.39, 0.29) is 15.7 Å². The lowest BCUT2D eigenvalue weighted by molar-refractivity contribution is 0.601. The average Bonchev–Trinajstić information content (AvgIpc) is 2.55. The molecule has 0 atom stereocenters. The number of nitrogens with zero attached hydrogens (tertiary/aromatic N) is 3. The quantitative estimate of drug-likeness (QED) is 0.771. The first-order valence-corrected chi connectivity index (χ1v) is 9.70. The predicted octanol–water partition coefficient (Wildman–Crippen LogP) is 3.56. The third-order valence-electron chi connectivity index (χ3n) is 3.33. The Morgan fingerprint density at radius 3 is 2.25 bits per heavy atom. The number of benzene rings is 1. The van der Waals surface area contributed by atoms with Gasteiger partial charge in [0.25, 0.3) is 10.0 Å². The minimum absolute atomic E-state index is 0.0103. The Bertz CT molecular complexity index is 760. The van der Waals surface area contributed by atoms with E-state index in [1.165, 1.54) is 12.1 Å². The van der Waals surface area contributed by atoms with Gasteiger partial charge in [0.05, 0.1) is 5.02 Å². The third-order valence-corrected chi connectivity index (χ3v) is 5.18. The van der Waals surface area contributed by atoms with Crippen LogP contribution in [0.25, 0.3) is 0 Å². The van der Waals surface area contributed by atoms with Gasteiger partial charge in [0.15, 0.2) is 11.6 Å². The molecule has 1 aromatic carbocycles. The Morgan fingerprint density at radius 1 is 1.04 bits per heavy atom. The van der Waals surface area contributed by atoms with E-state index in [0.29, 0.717) is 0 Å². The summed E-state index contributed by atoms with van der Waals surface area (Å²) in [4.78, 5) is 2.13. The van der Waals surface area contributed by atoms with E-state index in [9.17, 15) is 8.42 Å². The summed E-state index contributed by atoms with van der Waals surface area (Å²) in [6.07, 6.45) is 2.01. The van der Waals surface area contributed by atoms with Gasteiger partial charge in [-0.15, -0.1) is 10.2 Å². The summed E-state index contributed by atoms with van der Waals surface area (Å²) in [6.45, 7) is 5.96. The molecular formula is C16H21ClN4O2S. The number of rotatable bonds is 8. The first kappa shape index (κ1) is 18.5. The van der Waals surface area contributed by atoms with Crippen molar-refractivity contribution in [2.45, 2.75) is 31.6 Å². The third kappa shape index (κ3) is 4.58. The van der Waals surface area contributed by atoms with Crippen molar-refractivity contribution < 1.29 is 8.42 Å². The van der Waals surface area contributed by atoms with E-state index in [1.807, 2.05) is 0 Å². The van der Waals surface area contributed by atoms with Crippen LogP contribution in [0.2, 0.25) is 5.02 Å². The van der Waals surface area contributed by atoms with Crippen molar-refractivity contribution in [2.75, 3.05) is 22.7 Å². The highest BCUT2D eigenvalue weighted by Gasteiger charge is 2.18. The molecule has 0 amide bonds. The number of hydrogen-bond donors (Lipinski definition) is 1. The van der Waals surface area contributed by atoms with Crippen LogP contribution in [-0.4, -0.2) is 31.7 Å². The van der Waals surface area contributed by atoms with Crippen molar-refractivity contribution in [2.24, 2.45) is 0 Å². The number of sulfonamides is 1. The van der Waals surface area contributed by atoms with Crippen LogP contribution in [-0.2, 0) is 10.0 Å². The highest BCUT2D eigenvalue weighted by molar-refractivity contribution is 7.92. The highest BCUT2D eigenvalue weighted by Crippen LogP contribution is 2.23. The molecule has 0 unspecified atom stereocenters. The molecule has 6 nitrogen and oxygen atoms in total. The van der Waals surface area contributed by atoms with Crippen LogP contribution < -0.4 is 9.62 Å². The molecule has 1 aromatic heterocycles. The summed E-state index contributed by atoms with van der Waals surface area (Å²) in [5.41, 5.74) is 0. The largest absolute Gasteiger partial charge is 0.355 e. The fraction of sp³-hybridized carbons (Fsp3) is 0.375. The van der Waals surface area contributed by atoms with Crippen LogP contribution in [0.5, 0.6) is 0 Å². The molecule has 0 aliphatic carbocycles. The average molecular weight is 369 g/mol. The maximum atomic E-state index is 12.4. The zero-order valence-electron chi connectivity index (χ0n) is 13.7. The summed E-state index contributed by atoms with van der Waals surface area (Å²) in [5.74, 6) is 0.894. The van der Waals surface area contributed by atoms with Gasteiger partial charge in [0.2, 0.25) is 0 Å². The van der Waals surface area contributed by atoms with Gasteiger partial charge >= 0.3 is 0 Å². The fourth-order valence-electron chi connectivity index (χ4n) is 2.28. The number of anilines is 2. The van der Waals surface area contributed by atoms with Gasteiger partial charge in [-0.05, 0) is 37.1 Å². The molecule has 0 aliphatic heterocycles. The molecule has 0 bridgehead atoms. The van der Waals surface area contributed by atoms with Crippen molar-refractivity contribution in [3.05, 3.63) is 41.4 Å². The van der Waals surface area contributed by atoms with Gasteiger partial charge < -0.3 is 4.90 Å². The summed E-state index contributed by atoms with van der Waals surface area (Å²) >= 11 is 5.95. The number of aromatic nitrogens is 2. The SMILES string of the molecule is CCCN(CCC)c1ccc(NS(=O)(=O)c2ccccc2Cl)nn1. The van der Waals surface area contributed by atoms with E-state index >= 15 is 0 Å². The van der Waals surface area contributed by atoms with Crippen molar-refractivity contribution in [1.82, 2.24) is 10.2 Å². The lowest BCUT2D eigenvalue weighted by Gasteiger charge is -2.21. The summed E-state index contributed by atoms with van der Waals surface area (Å²) in [5, 5.41) is 8.27. The van der Waals surface area contributed by atoms with Crippen LogP contribution in [0.4, 0.5) is 11.6 Å². The van der Waals surface area contributed by atoms with Crippen molar-refractivity contribution >= 4 is 33.3 Å². The normalized spacial score (nSPS) is 11.3. The molecule has 2 aromatic rings. The van der Waals surface area contributed by atoms with Gasteiger partial charge in [0, 0.05) is 13.1 Å². The van der Waals surface area contributed by atoms with Gasteiger partial charge in [-0.3, -0.25) is 4.72 Å². The van der Waals surface area contributed by atoms with Crippen LogP contribution in [0.3, 0.4) is 0 Å². The molecule has 0 radical (unpaired) electrons. The molecule has 0 fully saturated rings. The van der Waals surface area contributed by atoms with Gasteiger partial charge in [-0.25, -0.2) is 8.42 Å². The van der Waals surface area contributed by atoms with Crippen LogP contribution >= 0.6 is 11.6 Å². The summed E-state index contributed by atoms with van der Waals surface area (Å²) in [7, 11) is -3.80. The zero-order valence-corrected chi connectivity index (χ0v) is 15.3. The molecule has 8 heteroatoms. The van der Waals surface area contributed by atoms with Gasteiger partial charge in [0.1, 0.15) is 4.90 Å². The molecule has 130 valence electrons. The Morgan fingerprint density at radius 2 is 1.71 bits per heavy atom. The minimum atomic E-state index is -3.80. The molecule has 0 aliphatic rings. The van der Waals surface area contributed by atoms with Gasteiger partial charge in [-0.1, -0.05) is 37.6 Å². The van der Waals surface area contributed by atoms with E-state index in [2.05, 4.69) is 33.7 Å². The molecule has 1 N–H and O–H groups in total. The Hall–Kier alpha value is -1.86. The molecule has 0 saturated carbocycles. The standard InChI is InChI=1S/C16H21ClN4O2S/c1-3-11-21(12-4-2)16-10-9-15(18-19-16)20-24(22,23)14-8-6-5-7-13(14)17/h5-10H,3-4,11-12H2,1-2H3,(H,18,20). The minimum Gasteiger partial charge on any atom is -0.355 e. The molecule has 1 heterocycles. The van der Waals surface area contributed by atoms with E-state index in [0.717, 1.165) is 31.7 Å². The van der Waals surface area contributed by atoms with Crippen molar-refractivity contribution in [3.8, 4) is 0 Å². The van der Waals surface area contributed by atoms with Crippen LogP contribution in [0.1, 0.15) is 26.7 Å². The first-order valence-electron chi connectivity index (χ1n) is 7.84. The number of hydrogen-bond acceptors (Lipinski definition) is 5. The monoisotopic (exact) mass is 368 g/mol. The molecule has 24 heavy (non-hydrogen) atoms. The maximum absolute atomic E-state index is 12.4. The Labute approximate surface area is 147 Å². The first-order chi connectivity index (χ1) is 11.5. The van der Waals surface area contributed by atoms with E-state index in [4.69, 9.17) is 11.6 Å².